The van der Waals surface area contributed by atoms with E-state index in [1.165, 1.54) is 18.7 Å². The van der Waals surface area contributed by atoms with Crippen LogP contribution in [0.4, 0.5) is 0 Å². The summed E-state index contributed by atoms with van der Waals surface area (Å²) < 4.78 is 0. The molecule has 0 saturated heterocycles. The summed E-state index contributed by atoms with van der Waals surface area (Å²) in [6.07, 6.45) is 2.55. The molecule has 0 fully saturated rings. The number of nitrogens with one attached hydrogen (secondary N) is 3. The van der Waals surface area contributed by atoms with Crippen molar-refractivity contribution in [3.05, 3.63) is 0 Å². The Kier molecular flexibility index (Phi) is 12.5. The summed E-state index contributed by atoms with van der Waals surface area (Å²) in [5.74, 6) is -2.41. The van der Waals surface area contributed by atoms with Crippen molar-refractivity contribution in [2.24, 2.45) is 11.7 Å². The molecule has 10 nitrogen and oxygen atoms in total. The molecule has 0 aromatic carbocycles. The molecule has 11 heteroatoms. The van der Waals surface area contributed by atoms with Crippen LogP contribution in [0.25, 0.3) is 0 Å². The Morgan fingerprint density at radius 1 is 0.964 bits per heavy atom. The molecule has 0 radical (unpaired) electrons. The molecule has 0 rings (SSSR count). The predicted molar refractivity (Wildman–Crippen MR) is 107 cm³/mol. The van der Waals surface area contributed by atoms with E-state index in [4.69, 9.17) is 15.9 Å². The number of amides is 3. The zero-order valence-corrected chi connectivity index (χ0v) is 17.5. The molecule has 162 valence electrons. The van der Waals surface area contributed by atoms with Crippen molar-refractivity contribution in [1.29, 1.82) is 0 Å². The Morgan fingerprint density at radius 3 is 2.00 bits per heavy atom. The third kappa shape index (κ3) is 9.90. The van der Waals surface area contributed by atoms with Crippen LogP contribution in [0, 0.1) is 5.92 Å². The Bertz CT molecular complexity index is 546. The lowest BCUT2D eigenvalue weighted by Gasteiger charge is -2.23. The van der Waals surface area contributed by atoms with E-state index in [2.05, 4.69) is 16.0 Å². The number of hydrogen-bond donors (Lipinski definition) is 6. The average Bonchev–Trinajstić information content (AvgIpc) is 2.61. The number of carbonyl (C=O) groups is 4. The highest BCUT2D eigenvalue weighted by molar-refractivity contribution is 7.98. The van der Waals surface area contributed by atoms with Crippen molar-refractivity contribution >= 4 is 35.5 Å². The minimum Gasteiger partial charge on any atom is -0.480 e. The maximum atomic E-state index is 12.4. The minimum absolute atomic E-state index is 0.221. The second kappa shape index (κ2) is 13.3. The molecular formula is C17H32N4O6S. The minimum atomic E-state index is -1.47. The molecule has 0 aliphatic carbocycles. The number of aliphatic hydroxyl groups is 1. The van der Waals surface area contributed by atoms with E-state index in [9.17, 15) is 19.2 Å². The van der Waals surface area contributed by atoms with Gasteiger partial charge in [-0.1, -0.05) is 13.8 Å². The normalized spacial score (nSPS) is 15.2. The van der Waals surface area contributed by atoms with Crippen LogP contribution in [0.3, 0.4) is 0 Å². The third-order valence-electron chi connectivity index (χ3n) is 3.85. The number of hydrogen-bond acceptors (Lipinski definition) is 7. The molecule has 0 spiro atoms. The lowest BCUT2D eigenvalue weighted by Crippen LogP contribution is -2.57. The summed E-state index contributed by atoms with van der Waals surface area (Å²) in [7, 11) is 0. The van der Waals surface area contributed by atoms with E-state index in [-0.39, 0.29) is 12.3 Å². The number of carboxylic acids is 1. The molecule has 0 heterocycles. The van der Waals surface area contributed by atoms with Gasteiger partial charge in [0.15, 0.2) is 0 Å². The van der Waals surface area contributed by atoms with E-state index in [0.717, 1.165) is 0 Å². The summed E-state index contributed by atoms with van der Waals surface area (Å²) in [4.78, 5) is 47.7. The van der Waals surface area contributed by atoms with Gasteiger partial charge in [-0.2, -0.15) is 11.8 Å². The summed E-state index contributed by atoms with van der Waals surface area (Å²) >= 11 is 1.45. The molecule has 0 aliphatic heterocycles. The first-order valence-electron chi connectivity index (χ1n) is 9.02. The van der Waals surface area contributed by atoms with Crippen molar-refractivity contribution in [1.82, 2.24) is 16.0 Å². The molecule has 4 unspecified atom stereocenters. The summed E-state index contributed by atoms with van der Waals surface area (Å²) in [5.41, 5.74) is 5.79. The second-order valence-electron chi connectivity index (χ2n) is 6.89. The van der Waals surface area contributed by atoms with Crippen molar-refractivity contribution < 1.29 is 29.4 Å². The fourth-order valence-electron chi connectivity index (χ4n) is 2.26. The molecule has 0 aromatic heterocycles. The van der Waals surface area contributed by atoms with Crippen LogP contribution >= 0.6 is 11.8 Å². The third-order valence-corrected chi connectivity index (χ3v) is 4.50. The maximum absolute atomic E-state index is 12.4. The van der Waals surface area contributed by atoms with Gasteiger partial charge >= 0.3 is 5.97 Å². The summed E-state index contributed by atoms with van der Waals surface area (Å²) in [6, 6.07) is -4.14. The lowest BCUT2D eigenvalue weighted by atomic mass is 10.0. The Balaban J connectivity index is 4.92. The predicted octanol–water partition coefficient (Wildman–Crippen LogP) is -1.34. The molecule has 0 bridgehead atoms. The van der Waals surface area contributed by atoms with Crippen molar-refractivity contribution in [2.75, 3.05) is 18.6 Å². The second-order valence-corrected chi connectivity index (χ2v) is 7.88. The number of aliphatic carboxylic acids is 1. The van der Waals surface area contributed by atoms with Crippen molar-refractivity contribution in [3.8, 4) is 0 Å². The van der Waals surface area contributed by atoms with Crippen LogP contribution in [0.5, 0.6) is 0 Å². The van der Waals surface area contributed by atoms with Gasteiger partial charge in [-0.15, -0.1) is 0 Å². The van der Waals surface area contributed by atoms with Gasteiger partial charge < -0.3 is 31.9 Å². The van der Waals surface area contributed by atoms with Crippen LogP contribution in [-0.4, -0.2) is 76.7 Å². The monoisotopic (exact) mass is 420 g/mol. The molecular weight excluding hydrogens is 388 g/mol. The molecule has 3 amide bonds. The highest BCUT2D eigenvalue weighted by Gasteiger charge is 2.28. The van der Waals surface area contributed by atoms with Gasteiger partial charge in [-0.3, -0.25) is 14.4 Å². The molecule has 0 aliphatic rings. The molecule has 0 saturated carbocycles. The van der Waals surface area contributed by atoms with E-state index < -0.39 is 54.5 Å². The number of aliphatic hydroxyl groups excluding tert-OH is 1. The molecule has 4 atom stereocenters. The highest BCUT2D eigenvalue weighted by Crippen LogP contribution is 2.04. The van der Waals surface area contributed by atoms with E-state index in [1.54, 1.807) is 0 Å². The van der Waals surface area contributed by atoms with Gasteiger partial charge in [-0.05, 0) is 37.7 Å². The van der Waals surface area contributed by atoms with Gasteiger partial charge in [0, 0.05) is 0 Å². The number of thioether (sulfide) groups is 1. The zero-order chi connectivity index (χ0) is 21.9. The van der Waals surface area contributed by atoms with E-state index in [0.29, 0.717) is 12.2 Å². The van der Waals surface area contributed by atoms with Crippen LogP contribution in [0.2, 0.25) is 0 Å². The number of rotatable bonds is 13. The van der Waals surface area contributed by atoms with Gasteiger partial charge in [0.25, 0.3) is 0 Å². The Hall–Kier alpha value is -1.85. The summed E-state index contributed by atoms with van der Waals surface area (Å²) in [5, 5.41) is 25.2. The Labute approximate surface area is 169 Å². The zero-order valence-electron chi connectivity index (χ0n) is 16.7. The van der Waals surface area contributed by atoms with Crippen LogP contribution < -0.4 is 21.7 Å². The van der Waals surface area contributed by atoms with Crippen LogP contribution in [0.15, 0.2) is 0 Å². The van der Waals surface area contributed by atoms with Crippen molar-refractivity contribution in [2.45, 2.75) is 57.8 Å². The van der Waals surface area contributed by atoms with Gasteiger partial charge in [0.1, 0.15) is 18.1 Å². The molecule has 0 aromatic rings. The smallest absolute Gasteiger partial charge is 0.328 e. The average molecular weight is 421 g/mol. The van der Waals surface area contributed by atoms with E-state index >= 15 is 0 Å². The molecule has 7 N–H and O–H groups in total. The number of carbonyl (C=O) groups excluding carboxylic acids is 3. The van der Waals surface area contributed by atoms with Crippen molar-refractivity contribution in [3.63, 3.8) is 0 Å². The largest absolute Gasteiger partial charge is 0.480 e. The quantitative estimate of drug-likeness (QED) is 0.213. The molecule has 28 heavy (non-hydrogen) atoms. The fraction of sp³-hybridized carbons (Fsp3) is 0.765. The maximum Gasteiger partial charge on any atom is 0.328 e. The lowest BCUT2D eigenvalue weighted by molar-refractivity contribution is -0.143. The number of nitrogens with two attached hydrogens (primary N) is 1. The first-order chi connectivity index (χ1) is 13.0. The SMILES string of the molecule is CSCCC(NC(=O)C(C)NC(=O)C(N)CC(C)C)C(=O)NC(CO)C(=O)O. The van der Waals surface area contributed by atoms with Crippen LogP contribution in [0.1, 0.15) is 33.6 Å². The number of carboxylic acid groups (broad SMARTS) is 1. The summed E-state index contributed by atoms with van der Waals surface area (Å²) in [6.45, 7) is 4.54. The van der Waals surface area contributed by atoms with Gasteiger partial charge in [0.2, 0.25) is 17.7 Å². The van der Waals surface area contributed by atoms with Gasteiger partial charge in [-0.25, -0.2) is 4.79 Å². The standard InChI is InChI=1S/C17H32N4O6S/c1-9(2)7-11(18)15(24)19-10(3)14(23)20-12(5-6-28-4)16(25)21-13(8-22)17(26)27/h9-13,22H,5-8,18H2,1-4H3,(H,19,24)(H,20,23)(H,21,25)(H,26,27). The highest BCUT2D eigenvalue weighted by atomic mass is 32.2. The fourth-order valence-corrected chi connectivity index (χ4v) is 2.73. The Morgan fingerprint density at radius 2 is 1.54 bits per heavy atom. The van der Waals surface area contributed by atoms with Gasteiger partial charge in [0.05, 0.1) is 12.6 Å². The topological polar surface area (TPSA) is 171 Å². The first kappa shape index (κ1) is 26.1. The van der Waals surface area contributed by atoms with Crippen LogP contribution in [-0.2, 0) is 19.2 Å². The first-order valence-corrected chi connectivity index (χ1v) is 10.4. The van der Waals surface area contributed by atoms with E-state index in [1.807, 2.05) is 20.1 Å².